The predicted octanol–water partition coefficient (Wildman–Crippen LogP) is 9.86. The summed E-state index contributed by atoms with van der Waals surface area (Å²) in [5.74, 6) is 4.04. The van der Waals surface area contributed by atoms with Crippen LogP contribution in [0.4, 0.5) is 0 Å². The molecule has 1 heterocycles. The number of rotatable bonds is 18. The summed E-state index contributed by atoms with van der Waals surface area (Å²) in [6.45, 7) is 20.6. The first-order valence-electron chi connectivity index (χ1n) is 16.1. The summed E-state index contributed by atoms with van der Waals surface area (Å²) in [6, 6.07) is 0. The van der Waals surface area contributed by atoms with Gasteiger partial charge in [-0.3, -0.25) is 0 Å². The molecule has 0 bridgehead atoms. The molecule has 0 aliphatic carbocycles. The maximum Gasteiger partial charge on any atom is 0.344 e. The molecule has 0 unspecified atom stereocenters. The molecule has 4 heteroatoms. The Morgan fingerprint density at radius 3 is 2.10 bits per heavy atom. The van der Waals surface area contributed by atoms with Gasteiger partial charge in [0.25, 0.3) is 0 Å². The van der Waals surface area contributed by atoms with E-state index in [1.165, 1.54) is 56.9 Å². The monoisotopic (exact) mass is 544 g/mol. The molecule has 1 aromatic rings. The molecule has 1 aromatic carbocycles. The minimum absolute atomic E-state index is 0.0442. The molecular weight excluding hydrogens is 484 g/mol. The number of esters is 1. The van der Waals surface area contributed by atoms with E-state index in [0.29, 0.717) is 6.61 Å². The van der Waals surface area contributed by atoms with Crippen molar-refractivity contribution in [3.8, 4) is 11.5 Å². The van der Waals surface area contributed by atoms with Crippen molar-refractivity contribution in [3.63, 3.8) is 0 Å². The summed E-state index contributed by atoms with van der Waals surface area (Å²) in [6.07, 6.45) is 15.7. The van der Waals surface area contributed by atoms with Crippen LogP contribution in [0.3, 0.4) is 0 Å². The van der Waals surface area contributed by atoms with Crippen molar-refractivity contribution >= 4 is 5.97 Å². The quantitative estimate of drug-likeness (QED) is 0.136. The van der Waals surface area contributed by atoms with Crippen LogP contribution in [0.5, 0.6) is 11.5 Å². The van der Waals surface area contributed by atoms with Gasteiger partial charge in [0, 0.05) is 5.56 Å². The molecule has 0 amide bonds. The first-order chi connectivity index (χ1) is 18.5. The van der Waals surface area contributed by atoms with Gasteiger partial charge in [-0.2, -0.15) is 0 Å². The highest BCUT2D eigenvalue weighted by molar-refractivity contribution is 5.71. The van der Waals surface area contributed by atoms with E-state index in [0.717, 1.165) is 78.0 Å². The SMILES string of the molecule is CCCCOC(=O)COc1c(C)c(C)c2c(c1C)CC[C@@](C)(CCC[C@H](C)CCC[C@H](C)CCCC(C)C)O2. The standard InChI is InChI=1S/C35H60O4/c1-10-11-23-37-32(36)24-38-33-28(6)29(7)34-31(30(33)8)20-22-35(9,39-34)21-14-19-27(5)18-13-17-26(4)16-12-15-25(2)3/h25-27H,10-24H2,1-9H3/t26-,27-,35-/m1/s1. The third kappa shape index (κ3) is 11.0. The van der Waals surface area contributed by atoms with Crippen molar-refractivity contribution in [2.24, 2.45) is 17.8 Å². The zero-order valence-electron chi connectivity index (χ0n) is 27.0. The lowest BCUT2D eigenvalue weighted by Gasteiger charge is -2.38. The Hall–Kier alpha value is -1.71. The van der Waals surface area contributed by atoms with Crippen LogP contribution in [0, 0.1) is 38.5 Å². The zero-order valence-corrected chi connectivity index (χ0v) is 27.0. The molecule has 0 saturated carbocycles. The molecule has 2 rings (SSSR count). The van der Waals surface area contributed by atoms with Crippen molar-refractivity contribution in [1.82, 2.24) is 0 Å². The highest BCUT2D eigenvalue weighted by Crippen LogP contribution is 2.45. The number of unbranched alkanes of at least 4 members (excludes halogenated alkanes) is 1. The first-order valence-corrected chi connectivity index (χ1v) is 16.1. The molecule has 4 nitrogen and oxygen atoms in total. The van der Waals surface area contributed by atoms with E-state index in [1.807, 2.05) is 0 Å². The summed E-state index contributed by atoms with van der Waals surface area (Å²) in [5.41, 5.74) is 4.41. The van der Waals surface area contributed by atoms with Crippen LogP contribution >= 0.6 is 0 Å². The Balaban J connectivity index is 1.84. The van der Waals surface area contributed by atoms with E-state index < -0.39 is 0 Å². The Kier molecular flexibility index (Phi) is 14.2. The van der Waals surface area contributed by atoms with Crippen molar-refractivity contribution in [1.29, 1.82) is 0 Å². The van der Waals surface area contributed by atoms with Gasteiger partial charge in [-0.25, -0.2) is 4.79 Å². The number of fused-ring (bicyclic) bond motifs is 1. The van der Waals surface area contributed by atoms with Gasteiger partial charge in [-0.15, -0.1) is 0 Å². The Morgan fingerprint density at radius 1 is 0.872 bits per heavy atom. The molecule has 0 fully saturated rings. The van der Waals surface area contributed by atoms with Crippen LogP contribution < -0.4 is 9.47 Å². The van der Waals surface area contributed by atoms with E-state index in [2.05, 4.69) is 62.3 Å². The number of carbonyl (C=O) groups excluding carboxylic acids is 1. The highest BCUT2D eigenvalue weighted by Gasteiger charge is 2.34. The second kappa shape index (κ2) is 16.5. The van der Waals surface area contributed by atoms with E-state index in [4.69, 9.17) is 14.2 Å². The molecule has 0 radical (unpaired) electrons. The minimum atomic E-state index is -0.299. The van der Waals surface area contributed by atoms with Gasteiger partial charge >= 0.3 is 5.97 Å². The van der Waals surface area contributed by atoms with Crippen molar-refractivity contribution in [3.05, 3.63) is 22.3 Å². The maximum atomic E-state index is 12.1. The summed E-state index contributed by atoms with van der Waals surface area (Å²) >= 11 is 0. The number of ether oxygens (including phenoxy) is 3. The predicted molar refractivity (Wildman–Crippen MR) is 164 cm³/mol. The molecule has 1 aliphatic rings. The largest absolute Gasteiger partial charge is 0.487 e. The van der Waals surface area contributed by atoms with Crippen LogP contribution in [0.2, 0.25) is 0 Å². The summed E-state index contributed by atoms with van der Waals surface area (Å²) in [7, 11) is 0. The number of hydrogen-bond donors (Lipinski definition) is 0. The lowest BCUT2D eigenvalue weighted by Crippen LogP contribution is -2.37. The van der Waals surface area contributed by atoms with Crippen LogP contribution in [0.15, 0.2) is 0 Å². The fraction of sp³-hybridized carbons (Fsp3) is 0.800. The molecular formula is C35H60O4. The van der Waals surface area contributed by atoms with Gasteiger partial charge < -0.3 is 14.2 Å². The fourth-order valence-electron chi connectivity index (χ4n) is 5.98. The van der Waals surface area contributed by atoms with Crippen LogP contribution in [-0.2, 0) is 16.0 Å². The maximum absolute atomic E-state index is 12.1. The summed E-state index contributed by atoms with van der Waals surface area (Å²) in [4.78, 5) is 12.1. The van der Waals surface area contributed by atoms with E-state index in [1.54, 1.807) is 0 Å². The molecule has 0 aromatic heterocycles. The minimum Gasteiger partial charge on any atom is -0.487 e. The van der Waals surface area contributed by atoms with Gasteiger partial charge in [-0.1, -0.05) is 86.0 Å². The van der Waals surface area contributed by atoms with E-state index >= 15 is 0 Å². The average molecular weight is 545 g/mol. The number of hydrogen-bond acceptors (Lipinski definition) is 4. The average Bonchev–Trinajstić information content (AvgIpc) is 2.87. The van der Waals surface area contributed by atoms with Gasteiger partial charge in [0.2, 0.25) is 0 Å². The van der Waals surface area contributed by atoms with Gasteiger partial charge in [0.05, 0.1) is 6.61 Å². The van der Waals surface area contributed by atoms with Gasteiger partial charge in [-0.05, 0) is 94.2 Å². The van der Waals surface area contributed by atoms with E-state index in [-0.39, 0.29) is 18.2 Å². The third-order valence-electron chi connectivity index (χ3n) is 8.93. The molecule has 3 atom stereocenters. The van der Waals surface area contributed by atoms with Crippen LogP contribution in [-0.4, -0.2) is 24.8 Å². The summed E-state index contributed by atoms with van der Waals surface area (Å²) in [5, 5.41) is 0. The molecule has 224 valence electrons. The number of carbonyl (C=O) groups is 1. The topological polar surface area (TPSA) is 44.8 Å². The Bertz CT molecular complexity index is 889. The third-order valence-corrected chi connectivity index (χ3v) is 8.93. The van der Waals surface area contributed by atoms with E-state index in [9.17, 15) is 4.79 Å². The highest BCUT2D eigenvalue weighted by atomic mass is 16.6. The van der Waals surface area contributed by atoms with Crippen LogP contribution in [0.25, 0.3) is 0 Å². The number of benzene rings is 1. The molecule has 39 heavy (non-hydrogen) atoms. The van der Waals surface area contributed by atoms with Crippen molar-refractivity contribution < 1.29 is 19.0 Å². The Morgan fingerprint density at radius 2 is 1.49 bits per heavy atom. The lowest BCUT2D eigenvalue weighted by atomic mass is 9.83. The summed E-state index contributed by atoms with van der Waals surface area (Å²) < 4.78 is 18.0. The zero-order chi connectivity index (χ0) is 29.0. The molecule has 0 saturated heterocycles. The first kappa shape index (κ1) is 33.5. The van der Waals surface area contributed by atoms with Crippen LogP contribution in [0.1, 0.15) is 141 Å². The molecule has 0 N–H and O–H groups in total. The second-order valence-corrected chi connectivity index (χ2v) is 13.3. The molecule has 0 spiro atoms. The normalized spacial score (nSPS) is 18.4. The van der Waals surface area contributed by atoms with Gasteiger partial charge in [0.1, 0.15) is 17.1 Å². The lowest BCUT2D eigenvalue weighted by molar-refractivity contribution is -0.146. The van der Waals surface area contributed by atoms with Crippen molar-refractivity contribution in [2.75, 3.05) is 13.2 Å². The van der Waals surface area contributed by atoms with Crippen molar-refractivity contribution in [2.45, 2.75) is 151 Å². The smallest absolute Gasteiger partial charge is 0.344 e. The second-order valence-electron chi connectivity index (χ2n) is 13.3. The van der Waals surface area contributed by atoms with Gasteiger partial charge in [0.15, 0.2) is 6.61 Å². The fourth-order valence-corrected chi connectivity index (χ4v) is 5.98. The molecule has 1 aliphatic heterocycles. The Labute approximate surface area is 241 Å².